The number of aryl methyl sites for hydroxylation is 1. The lowest BCUT2D eigenvalue weighted by Crippen LogP contribution is -2.21. The molecule has 3 aromatic rings. The van der Waals surface area contributed by atoms with Gasteiger partial charge in [-0.1, -0.05) is 30.0 Å². The van der Waals surface area contributed by atoms with Gasteiger partial charge in [0, 0.05) is 30.9 Å². The summed E-state index contributed by atoms with van der Waals surface area (Å²) in [7, 11) is 3.38. The molecule has 0 radical (unpaired) electrons. The first-order chi connectivity index (χ1) is 13.4. The molecule has 1 aromatic heterocycles. The van der Waals surface area contributed by atoms with Gasteiger partial charge in [-0.15, -0.1) is 10.2 Å². The number of benzene rings is 2. The first kappa shape index (κ1) is 19.6. The Morgan fingerprint density at radius 3 is 2.46 bits per heavy atom. The molecule has 0 unspecified atom stereocenters. The van der Waals surface area contributed by atoms with Gasteiger partial charge in [-0.2, -0.15) is 0 Å². The fraction of sp³-hybridized carbons (Fsp3) is 0.200. The molecule has 0 bridgehead atoms. The number of carbonyl (C=O) groups excluding carboxylic acids is 2. The van der Waals surface area contributed by atoms with Gasteiger partial charge in [0.25, 0.3) is 11.1 Å². The van der Waals surface area contributed by atoms with Gasteiger partial charge in [0.2, 0.25) is 11.8 Å². The van der Waals surface area contributed by atoms with Gasteiger partial charge in [-0.05, 0) is 42.8 Å². The first-order valence-electron chi connectivity index (χ1n) is 8.58. The summed E-state index contributed by atoms with van der Waals surface area (Å²) in [5.74, 6) is 0.275. The van der Waals surface area contributed by atoms with Crippen LogP contribution in [0.5, 0.6) is 0 Å². The molecule has 0 aliphatic carbocycles. The molecular weight excluding hydrogens is 376 g/mol. The lowest BCUT2D eigenvalue weighted by atomic mass is 10.1. The van der Waals surface area contributed by atoms with Gasteiger partial charge < -0.3 is 14.6 Å². The molecule has 3 rings (SSSR count). The van der Waals surface area contributed by atoms with Crippen LogP contribution in [-0.2, 0) is 4.79 Å². The van der Waals surface area contributed by atoms with E-state index in [4.69, 9.17) is 4.42 Å². The molecule has 7 nitrogen and oxygen atoms in total. The van der Waals surface area contributed by atoms with Gasteiger partial charge in [0.1, 0.15) is 0 Å². The monoisotopic (exact) mass is 396 g/mol. The van der Waals surface area contributed by atoms with Crippen molar-refractivity contribution in [2.45, 2.75) is 12.1 Å². The number of carbonyl (C=O) groups is 2. The zero-order chi connectivity index (χ0) is 20.1. The number of hydrogen-bond donors (Lipinski definition) is 1. The highest BCUT2D eigenvalue weighted by atomic mass is 32.2. The highest BCUT2D eigenvalue weighted by molar-refractivity contribution is 7.99. The standard InChI is InChI=1S/C20H20N4O3S/c1-13-6-4-5-7-16(13)18-22-23-20(27-18)28-12-17(25)21-15-10-8-14(9-11-15)19(26)24(2)3/h4-11H,12H2,1-3H3,(H,21,25). The van der Waals surface area contributed by atoms with Crippen molar-refractivity contribution in [3.8, 4) is 11.5 Å². The second-order valence-electron chi connectivity index (χ2n) is 6.30. The van der Waals surface area contributed by atoms with E-state index in [1.54, 1.807) is 38.4 Å². The molecule has 0 aliphatic heterocycles. The Bertz CT molecular complexity index is 983. The normalized spacial score (nSPS) is 10.5. The molecule has 0 aliphatic rings. The van der Waals surface area contributed by atoms with Crippen LogP contribution in [0.4, 0.5) is 5.69 Å². The van der Waals surface area contributed by atoms with Crippen LogP contribution in [0, 0.1) is 6.92 Å². The topological polar surface area (TPSA) is 88.3 Å². The Kier molecular flexibility index (Phi) is 6.10. The van der Waals surface area contributed by atoms with Gasteiger partial charge in [0.15, 0.2) is 0 Å². The number of aromatic nitrogens is 2. The van der Waals surface area contributed by atoms with Crippen molar-refractivity contribution in [2.24, 2.45) is 0 Å². The van der Waals surface area contributed by atoms with E-state index in [0.29, 0.717) is 22.4 Å². The summed E-state index contributed by atoms with van der Waals surface area (Å²) in [6.07, 6.45) is 0. The molecular formula is C20H20N4O3S. The van der Waals surface area contributed by atoms with Crippen molar-refractivity contribution >= 4 is 29.3 Å². The third-order valence-corrected chi connectivity index (χ3v) is 4.75. The summed E-state index contributed by atoms with van der Waals surface area (Å²) in [4.78, 5) is 25.5. The molecule has 0 atom stereocenters. The van der Waals surface area contributed by atoms with E-state index < -0.39 is 0 Å². The van der Waals surface area contributed by atoms with Crippen LogP contribution in [0.15, 0.2) is 58.2 Å². The Morgan fingerprint density at radius 2 is 1.79 bits per heavy atom. The zero-order valence-electron chi connectivity index (χ0n) is 15.8. The van der Waals surface area contributed by atoms with E-state index >= 15 is 0 Å². The quantitative estimate of drug-likeness (QED) is 0.642. The number of nitrogens with zero attached hydrogens (tertiary/aromatic N) is 3. The van der Waals surface area contributed by atoms with Gasteiger partial charge in [0.05, 0.1) is 5.75 Å². The number of anilines is 1. The average molecular weight is 396 g/mol. The summed E-state index contributed by atoms with van der Waals surface area (Å²) >= 11 is 1.17. The third-order valence-electron chi connectivity index (χ3n) is 3.93. The molecule has 0 fully saturated rings. The molecule has 2 amide bonds. The second-order valence-corrected chi connectivity index (χ2v) is 7.23. The minimum absolute atomic E-state index is 0.0886. The van der Waals surface area contributed by atoms with Crippen molar-refractivity contribution in [3.05, 3.63) is 59.7 Å². The molecule has 8 heteroatoms. The molecule has 1 N–H and O–H groups in total. The SMILES string of the molecule is Cc1ccccc1-c1nnc(SCC(=O)Nc2ccc(C(=O)N(C)C)cc2)o1. The van der Waals surface area contributed by atoms with Crippen molar-refractivity contribution in [1.82, 2.24) is 15.1 Å². The Morgan fingerprint density at radius 1 is 1.07 bits per heavy atom. The van der Waals surface area contributed by atoms with Crippen molar-refractivity contribution in [2.75, 3.05) is 25.2 Å². The van der Waals surface area contributed by atoms with Crippen LogP contribution in [0.1, 0.15) is 15.9 Å². The van der Waals surface area contributed by atoms with E-state index in [-0.39, 0.29) is 17.6 Å². The Hall–Kier alpha value is -3.13. The number of hydrogen-bond acceptors (Lipinski definition) is 6. The van der Waals surface area contributed by atoms with Crippen molar-refractivity contribution in [1.29, 1.82) is 0 Å². The van der Waals surface area contributed by atoms with Crippen LogP contribution in [-0.4, -0.2) is 46.8 Å². The molecule has 0 saturated carbocycles. The summed E-state index contributed by atoms with van der Waals surface area (Å²) in [5, 5.41) is 11.1. The van der Waals surface area contributed by atoms with Gasteiger partial charge >= 0.3 is 0 Å². The summed E-state index contributed by atoms with van der Waals surface area (Å²) in [5.41, 5.74) is 3.09. The largest absolute Gasteiger partial charge is 0.411 e. The van der Waals surface area contributed by atoms with E-state index in [1.165, 1.54) is 16.7 Å². The van der Waals surface area contributed by atoms with Gasteiger partial charge in [-0.3, -0.25) is 9.59 Å². The molecule has 0 spiro atoms. The van der Waals surface area contributed by atoms with Crippen LogP contribution in [0.25, 0.3) is 11.5 Å². The van der Waals surface area contributed by atoms with E-state index in [0.717, 1.165) is 11.1 Å². The minimum atomic E-state index is -0.202. The number of thioether (sulfide) groups is 1. The zero-order valence-corrected chi connectivity index (χ0v) is 16.6. The average Bonchev–Trinajstić information content (AvgIpc) is 3.15. The van der Waals surface area contributed by atoms with E-state index in [1.807, 2.05) is 31.2 Å². The fourth-order valence-electron chi connectivity index (χ4n) is 2.47. The maximum absolute atomic E-state index is 12.1. The van der Waals surface area contributed by atoms with E-state index in [2.05, 4.69) is 15.5 Å². The maximum atomic E-state index is 12.1. The molecule has 1 heterocycles. The predicted octanol–water partition coefficient (Wildman–Crippen LogP) is 3.48. The highest BCUT2D eigenvalue weighted by Gasteiger charge is 2.13. The Balaban J connectivity index is 1.55. The van der Waals surface area contributed by atoms with Crippen LogP contribution in [0.3, 0.4) is 0 Å². The molecule has 28 heavy (non-hydrogen) atoms. The number of rotatable bonds is 6. The summed E-state index contributed by atoms with van der Waals surface area (Å²) < 4.78 is 5.63. The molecule has 2 aromatic carbocycles. The predicted molar refractivity (Wildman–Crippen MR) is 108 cm³/mol. The van der Waals surface area contributed by atoms with E-state index in [9.17, 15) is 9.59 Å². The smallest absolute Gasteiger partial charge is 0.277 e. The minimum Gasteiger partial charge on any atom is -0.411 e. The number of nitrogens with one attached hydrogen (secondary N) is 1. The lowest BCUT2D eigenvalue weighted by molar-refractivity contribution is -0.113. The maximum Gasteiger partial charge on any atom is 0.277 e. The lowest BCUT2D eigenvalue weighted by Gasteiger charge is -2.10. The van der Waals surface area contributed by atoms with Crippen molar-refractivity contribution < 1.29 is 14.0 Å². The fourth-order valence-corrected chi connectivity index (χ4v) is 3.03. The highest BCUT2D eigenvalue weighted by Crippen LogP contribution is 2.25. The summed E-state index contributed by atoms with van der Waals surface area (Å²) in [6, 6.07) is 14.5. The van der Waals surface area contributed by atoms with Gasteiger partial charge in [-0.25, -0.2) is 0 Å². The van der Waals surface area contributed by atoms with Crippen molar-refractivity contribution in [3.63, 3.8) is 0 Å². The molecule has 144 valence electrons. The second kappa shape index (κ2) is 8.71. The Labute approximate surface area is 167 Å². The summed E-state index contributed by atoms with van der Waals surface area (Å²) in [6.45, 7) is 1.97. The van der Waals surface area contributed by atoms with Crippen LogP contribution >= 0.6 is 11.8 Å². The molecule has 0 saturated heterocycles. The number of amides is 2. The first-order valence-corrected chi connectivity index (χ1v) is 9.56. The van der Waals surface area contributed by atoms with Crippen LogP contribution in [0.2, 0.25) is 0 Å². The van der Waals surface area contributed by atoms with Crippen LogP contribution < -0.4 is 5.32 Å². The third kappa shape index (κ3) is 4.77.